The molecule has 0 radical (unpaired) electrons. The average molecular weight is 724 g/mol. The van der Waals surface area contributed by atoms with Crippen LogP contribution in [-0.4, -0.2) is 75.9 Å². The predicted molar refractivity (Wildman–Crippen MR) is 195 cm³/mol. The van der Waals surface area contributed by atoms with Gasteiger partial charge in [0.1, 0.15) is 5.75 Å². The molecule has 2 aliphatic carbocycles. The Morgan fingerprint density at radius 2 is 1.92 bits per heavy atom. The van der Waals surface area contributed by atoms with Crippen molar-refractivity contribution in [2.24, 2.45) is 17.8 Å². The molecule has 2 bridgehead atoms. The van der Waals surface area contributed by atoms with E-state index < -0.39 is 21.2 Å². The molecule has 7 rings (SSSR count). The largest absolute Gasteiger partial charge is 0.490 e. The first-order chi connectivity index (χ1) is 24.0. The molecule has 6 atom stereocenters. The van der Waals surface area contributed by atoms with E-state index in [9.17, 15) is 18.0 Å². The molecule has 50 heavy (non-hydrogen) atoms. The number of aryl methyl sites for hydroxylation is 1. The molecule has 270 valence electrons. The summed E-state index contributed by atoms with van der Waals surface area (Å²) in [5.41, 5.74) is 3.35. The van der Waals surface area contributed by atoms with Crippen LogP contribution in [0, 0.1) is 17.8 Å². The zero-order valence-electron chi connectivity index (χ0n) is 29.2. The molecule has 1 spiro atoms. The van der Waals surface area contributed by atoms with Gasteiger partial charge in [-0.1, -0.05) is 36.7 Å². The SMILES string of the molecule is C[C@@H]1[C@@H](C)C/C=C\[C@H](OCCN2CCCCC2=O)[C@@H]2CC[C@H]2CN2C[C@@]3(CCCc4cc(Cl)ccc43)COc3ccc(cc32)C(=O)NS1(=O)=O. The molecule has 2 fully saturated rings. The van der Waals surface area contributed by atoms with Gasteiger partial charge in [0.05, 0.1) is 30.3 Å². The molecule has 1 saturated heterocycles. The van der Waals surface area contributed by atoms with Crippen molar-refractivity contribution in [2.45, 2.75) is 88.4 Å². The number of amides is 2. The second-order valence-electron chi connectivity index (χ2n) is 15.3. The number of allylic oxidation sites excluding steroid dienone is 1. The molecule has 9 nitrogen and oxygen atoms in total. The van der Waals surface area contributed by atoms with Crippen LogP contribution in [0.4, 0.5) is 5.69 Å². The lowest BCUT2D eigenvalue weighted by Gasteiger charge is -2.46. The Kier molecular flexibility index (Phi) is 10.2. The van der Waals surface area contributed by atoms with Crippen LogP contribution in [0.25, 0.3) is 0 Å². The number of fused-ring (bicyclic) bond motifs is 4. The van der Waals surface area contributed by atoms with E-state index >= 15 is 0 Å². The topological polar surface area (TPSA) is 105 Å². The first kappa shape index (κ1) is 35.3. The Morgan fingerprint density at radius 3 is 2.72 bits per heavy atom. The number of rotatable bonds is 4. The number of likely N-dealkylation sites (tertiary alicyclic amines) is 1. The number of piperidine rings is 1. The lowest BCUT2D eigenvalue weighted by molar-refractivity contribution is -0.134. The molecule has 11 heteroatoms. The summed E-state index contributed by atoms with van der Waals surface area (Å²) in [5.74, 6) is 0.634. The summed E-state index contributed by atoms with van der Waals surface area (Å²) in [5, 5.41) is -0.0515. The molecule has 3 heterocycles. The number of anilines is 1. The molecule has 1 N–H and O–H groups in total. The third-order valence-corrected chi connectivity index (χ3v) is 14.3. The van der Waals surface area contributed by atoms with Crippen molar-refractivity contribution in [1.82, 2.24) is 9.62 Å². The number of benzene rings is 2. The fourth-order valence-corrected chi connectivity index (χ4v) is 10.2. The summed E-state index contributed by atoms with van der Waals surface area (Å²) >= 11 is 6.46. The highest BCUT2D eigenvalue weighted by Gasteiger charge is 2.44. The number of nitrogens with zero attached hydrogens (tertiary/aromatic N) is 2. The minimum atomic E-state index is -3.95. The second-order valence-corrected chi connectivity index (χ2v) is 17.8. The molecule has 0 aromatic heterocycles. The van der Waals surface area contributed by atoms with Gasteiger partial charge in [-0.2, -0.15) is 0 Å². The number of nitrogens with one attached hydrogen (secondary N) is 1. The van der Waals surface area contributed by atoms with E-state index in [-0.39, 0.29) is 34.8 Å². The number of sulfonamides is 1. The summed E-state index contributed by atoms with van der Waals surface area (Å²) in [4.78, 5) is 30.3. The van der Waals surface area contributed by atoms with Crippen LogP contribution in [0.3, 0.4) is 0 Å². The van der Waals surface area contributed by atoms with Gasteiger partial charge >= 0.3 is 0 Å². The number of hydrogen-bond donors (Lipinski definition) is 1. The molecule has 0 unspecified atom stereocenters. The lowest BCUT2D eigenvalue weighted by Crippen LogP contribution is -2.50. The number of halogens is 1. The third-order valence-electron chi connectivity index (χ3n) is 12.1. The first-order valence-corrected chi connectivity index (χ1v) is 20.4. The Bertz CT molecular complexity index is 1750. The lowest BCUT2D eigenvalue weighted by atomic mass is 9.68. The Hall–Kier alpha value is -3.08. The Morgan fingerprint density at radius 1 is 1.06 bits per heavy atom. The zero-order valence-corrected chi connectivity index (χ0v) is 30.8. The molecule has 5 aliphatic rings. The maximum Gasteiger partial charge on any atom is 0.264 e. The molecular formula is C39H50ClN3O6S. The third kappa shape index (κ3) is 7.17. The van der Waals surface area contributed by atoms with E-state index in [0.29, 0.717) is 50.8 Å². The number of carbonyl (C=O) groups is 2. The van der Waals surface area contributed by atoms with Crippen LogP contribution in [0.15, 0.2) is 48.6 Å². The summed E-state index contributed by atoms with van der Waals surface area (Å²) in [6.45, 7) is 7.33. The number of hydrogen-bond acceptors (Lipinski definition) is 7. The molecule has 2 aromatic carbocycles. The first-order valence-electron chi connectivity index (χ1n) is 18.5. The van der Waals surface area contributed by atoms with Crippen LogP contribution in [-0.2, 0) is 31.4 Å². The van der Waals surface area contributed by atoms with Crippen molar-refractivity contribution >= 4 is 39.1 Å². The van der Waals surface area contributed by atoms with Gasteiger partial charge in [-0.3, -0.25) is 9.59 Å². The van der Waals surface area contributed by atoms with E-state index in [4.69, 9.17) is 21.1 Å². The summed E-state index contributed by atoms with van der Waals surface area (Å²) in [6, 6.07) is 11.5. The highest BCUT2D eigenvalue weighted by molar-refractivity contribution is 7.90. The molecular weight excluding hydrogens is 674 g/mol. The number of carbonyl (C=O) groups excluding carboxylic acids is 2. The molecule has 3 aliphatic heterocycles. The zero-order chi connectivity index (χ0) is 35.0. The second kappa shape index (κ2) is 14.5. The molecule has 2 aromatic rings. The van der Waals surface area contributed by atoms with Crippen LogP contribution in [0.2, 0.25) is 5.02 Å². The van der Waals surface area contributed by atoms with Crippen molar-refractivity contribution in [3.63, 3.8) is 0 Å². The van der Waals surface area contributed by atoms with Gasteiger partial charge in [0.25, 0.3) is 5.91 Å². The van der Waals surface area contributed by atoms with Crippen LogP contribution in [0.1, 0.15) is 86.7 Å². The molecule has 2 amide bonds. The van der Waals surface area contributed by atoms with Gasteiger partial charge in [-0.05, 0) is 118 Å². The minimum Gasteiger partial charge on any atom is -0.490 e. The van der Waals surface area contributed by atoms with Gasteiger partial charge in [0.2, 0.25) is 15.9 Å². The van der Waals surface area contributed by atoms with E-state index in [2.05, 4.69) is 33.9 Å². The Labute approximate surface area is 301 Å². The summed E-state index contributed by atoms with van der Waals surface area (Å²) < 4.78 is 42.5. The maximum absolute atomic E-state index is 13.5. The van der Waals surface area contributed by atoms with E-state index in [0.717, 1.165) is 68.7 Å². The van der Waals surface area contributed by atoms with Crippen molar-refractivity contribution < 1.29 is 27.5 Å². The summed E-state index contributed by atoms with van der Waals surface area (Å²) in [6.07, 6.45) is 12.2. The van der Waals surface area contributed by atoms with Crippen molar-refractivity contribution in [3.05, 3.63) is 70.3 Å². The summed E-state index contributed by atoms with van der Waals surface area (Å²) in [7, 11) is -3.95. The Balaban J connectivity index is 1.23. The molecule has 1 saturated carbocycles. The predicted octanol–water partition coefficient (Wildman–Crippen LogP) is 6.28. The van der Waals surface area contributed by atoms with Crippen molar-refractivity contribution in [3.8, 4) is 5.75 Å². The van der Waals surface area contributed by atoms with Crippen molar-refractivity contribution in [1.29, 1.82) is 0 Å². The van der Waals surface area contributed by atoms with Gasteiger partial charge in [0.15, 0.2) is 0 Å². The minimum absolute atomic E-state index is 0.152. The maximum atomic E-state index is 13.5. The fourth-order valence-electron chi connectivity index (χ4n) is 8.72. The van der Waals surface area contributed by atoms with Crippen LogP contribution in [0.5, 0.6) is 5.75 Å². The van der Waals surface area contributed by atoms with Crippen LogP contribution >= 0.6 is 11.6 Å². The smallest absolute Gasteiger partial charge is 0.264 e. The van der Waals surface area contributed by atoms with Gasteiger partial charge < -0.3 is 19.3 Å². The average Bonchev–Trinajstić information content (AvgIpc) is 3.23. The fraction of sp³-hybridized carbons (Fsp3) is 0.590. The normalized spacial score (nSPS) is 31.8. The van der Waals surface area contributed by atoms with E-state index in [1.165, 1.54) is 11.1 Å². The van der Waals surface area contributed by atoms with Crippen LogP contribution < -0.4 is 14.4 Å². The highest BCUT2D eigenvalue weighted by atomic mass is 35.5. The van der Waals surface area contributed by atoms with Gasteiger partial charge in [-0.15, -0.1) is 0 Å². The van der Waals surface area contributed by atoms with Gasteiger partial charge in [0, 0.05) is 48.6 Å². The van der Waals surface area contributed by atoms with E-state index in [1.807, 2.05) is 30.0 Å². The monoisotopic (exact) mass is 723 g/mol. The van der Waals surface area contributed by atoms with E-state index in [1.54, 1.807) is 13.0 Å². The van der Waals surface area contributed by atoms with Crippen molar-refractivity contribution in [2.75, 3.05) is 44.3 Å². The van der Waals surface area contributed by atoms with Gasteiger partial charge in [-0.25, -0.2) is 13.1 Å². The highest BCUT2D eigenvalue weighted by Crippen LogP contribution is 2.47. The number of ether oxygens (including phenoxy) is 2. The standard InChI is InChI=1S/C39H50ClN3O6S/c1-26-7-5-9-35(48-20-19-42-18-4-3-10-37(42)44)32-14-11-30(32)23-43-24-39(17-6-8-28-21-31(40)13-15-33(28)39)25-49-36-16-12-29(22-34(36)43)38(45)41-50(46,47)27(26)2/h5,9,12-13,15-16,21-22,26-27,30,32,35H,3-4,6-8,10-11,14,17-20,23-25H2,1-2H3,(H,41,45)/b9-5-/t26-,27+,30-,32+,35-,39-/m0/s1. The quantitative estimate of drug-likeness (QED) is 0.371.